The maximum absolute atomic E-state index is 12.2. The molecule has 0 fully saturated rings. The number of anilines is 2. The molecule has 0 atom stereocenters. The highest BCUT2D eigenvalue weighted by atomic mass is 35.5. The number of hydrogen-bond donors (Lipinski definition) is 2. The summed E-state index contributed by atoms with van der Waals surface area (Å²) in [6.07, 6.45) is 1.60. The zero-order chi connectivity index (χ0) is 17.6. The van der Waals surface area contributed by atoms with Crippen molar-refractivity contribution in [2.45, 2.75) is 6.54 Å². The first kappa shape index (κ1) is 17.3. The summed E-state index contributed by atoms with van der Waals surface area (Å²) < 4.78 is 0. The number of carbonyl (C=O) groups excluding carboxylic acids is 1. The van der Waals surface area contributed by atoms with Gasteiger partial charge >= 0.3 is 0 Å². The van der Waals surface area contributed by atoms with E-state index in [9.17, 15) is 4.79 Å². The number of pyridine rings is 1. The van der Waals surface area contributed by atoms with Gasteiger partial charge in [-0.05, 0) is 42.0 Å². The molecular formula is C19H15Cl2N3O. The van der Waals surface area contributed by atoms with Crippen LogP contribution in [0.1, 0.15) is 15.9 Å². The monoisotopic (exact) mass is 371 g/mol. The lowest BCUT2D eigenvalue weighted by Crippen LogP contribution is -2.12. The quantitative estimate of drug-likeness (QED) is 0.643. The molecule has 0 saturated heterocycles. The minimum Gasteiger partial charge on any atom is -0.366 e. The highest BCUT2D eigenvalue weighted by Gasteiger charge is 2.09. The molecule has 126 valence electrons. The minimum atomic E-state index is -0.269. The van der Waals surface area contributed by atoms with Crippen molar-refractivity contribution in [2.75, 3.05) is 10.6 Å². The van der Waals surface area contributed by atoms with Gasteiger partial charge in [0.15, 0.2) is 0 Å². The van der Waals surface area contributed by atoms with Crippen LogP contribution in [-0.2, 0) is 6.54 Å². The molecule has 1 amide bonds. The highest BCUT2D eigenvalue weighted by molar-refractivity contribution is 6.34. The zero-order valence-electron chi connectivity index (χ0n) is 13.2. The minimum absolute atomic E-state index is 0.269. The van der Waals surface area contributed by atoms with Gasteiger partial charge in [0.25, 0.3) is 5.91 Å². The second-order valence-corrected chi connectivity index (χ2v) is 6.19. The molecule has 0 bridgehead atoms. The van der Waals surface area contributed by atoms with Crippen LogP contribution in [0.15, 0.2) is 66.9 Å². The van der Waals surface area contributed by atoms with E-state index in [1.165, 1.54) is 0 Å². The summed E-state index contributed by atoms with van der Waals surface area (Å²) in [6.45, 7) is 0.634. The summed E-state index contributed by atoms with van der Waals surface area (Å²) in [5.74, 6) is 0.444. The Bertz CT molecular complexity index is 865. The van der Waals surface area contributed by atoms with Crippen molar-refractivity contribution in [3.63, 3.8) is 0 Å². The van der Waals surface area contributed by atoms with Gasteiger partial charge in [-0.2, -0.15) is 0 Å². The van der Waals surface area contributed by atoms with E-state index in [0.717, 1.165) is 5.56 Å². The van der Waals surface area contributed by atoms with Gasteiger partial charge in [0.1, 0.15) is 5.82 Å². The molecular weight excluding hydrogens is 357 g/mol. The van der Waals surface area contributed by atoms with Gasteiger partial charge in [-0.15, -0.1) is 0 Å². The van der Waals surface area contributed by atoms with Crippen molar-refractivity contribution in [3.8, 4) is 0 Å². The Balaban J connectivity index is 1.59. The Morgan fingerprint density at radius 2 is 1.72 bits per heavy atom. The molecule has 0 spiro atoms. The Labute approximate surface area is 155 Å². The Kier molecular flexibility index (Phi) is 5.53. The van der Waals surface area contributed by atoms with Crippen molar-refractivity contribution in [3.05, 3.63) is 88.0 Å². The van der Waals surface area contributed by atoms with E-state index in [-0.39, 0.29) is 5.91 Å². The first-order chi connectivity index (χ1) is 12.1. The standard InChI is InChI=1S/C19H15Cl2N3O/c20-14-7-5-13(6-8-14)11-22-18-10-9-15(12-23-18)24-19(25)16-3-1-2-4-17(16)21/h1-10,12H,11H2,(H,22,23)(H,24,25). The van der Waals surface area contributed by atoms with Crippen molar-refractivity contribution < 1.29 is 4.79 Å². The van der Waals surface area contributed by atoms with E-state index < -0.39 is 0 Å². The maximum Gasteiger partial charge on any atom is 0.257 e. The number of hydrogen-bond acceptors (Lipinski definition) is 3. The first-order valence-electron chi connectivity index (χ1n) is 7.62. The van der Waals surface area contributed by atoms with E-state index >= 15 is 0 Å². The topological polar surface area (TPSA) is 54.0 Å². The van der Waals surface area contributed by atoms with Crippen LogP contribution in [0.2, 0.25) is 10.0 Å². The predicted octanol–water partition coefficient (Wildman–Crippen LogP) is 5.25. The van der Waals surface area contributed by atoms with Gasteiger partial charge < -0.3 is 10.6 Å². The van der Waals surface area contributed by atoms with Crippen LogP contribution in [0.4, 0.5) is 11.5 Å². The lowest BCUT2D eigenvalue weighted by molar-refractivity contribution is 0.102. The van der Waals surface area contributed by atoms with E-state index in [1.807, 2.05) is 24.3 Å². The van der Waals surface area contributed by atoms with Gasteiger partial charge in [-0.25, -0.2) is 4.98 Å². The smallest absolute Gasteiger partial charge is 0.257 e. The Morgan fingerprint density at radius 3 is 2.40 bits per heavy atom. The summed E-state index contributed by atoms with van der Waals surface area (Å²) >= 11 is 11.9. The molecule has 1 aromatic heterocycles. The van der Waals surface area contributed by atoms with Crippen molar-refractivity contribution in [1.82, 2.24) is 4.98 Å². The van der Waals surface area contributed by atoms with Gasteiger partial charge in [0, 0.05) is 11.6 Å². The molecule has 0 aliphatic carbocycles. The van der Waals surface area contributed by atoms with Crippen molar-refractivity contribution >= 4 is 40.6 Å². The number of aromatic nitrogens is 1. The summed E-state index contributed by atoms with van der Waals surface area (Å²) in [5.41, 5.74) is 2.12. The van der Waals surface area contributed by atoms with Gasteiger partial charge in [-0.1, -0.05) is 47.5 Å². The fourth-order valence-corrected chi connectivity index (χ4v) is 2.56. The van der Waals surface area contributed by atoms with Crippen LogP contribution < -0.4 is 10.6 Å². The van der Waals surface area contributed by atoms with Gasteiger partial charge in [0.2, 0.25) is 0 Å². The fraction of sp³-hybridized carbons (Fsp3) is 0.0526. The van der Waals surface area contributed by atoms with Crippen molar-refractivity contribution in [1.29, 1.82) is 0 Å². The summed E-state index contributed by atoms with van der Waals surface area (Å²) in [7, 11) is 0. The van der Waals surface area contributed by atoms with Gasteiger partial charge in [-0.3, -0.25) is 4.79 Å². The third kappa shape index (κ3) is 4.72. The molecule has 2 aromatic carbocycles. The van der Waals surface area contributed by atoms with Crippen molar-refractivity contribution in [2.24, 2.45) is 0 Å². The van der Waals surface area contributed by atoms with Crippen LogP contribution in [0.3, 0.4) is 0 Å². The highest BCUT2D eigenvalue weighted by Crippen LogP contribution is 2.18. The third-order valence-corrected chi connectivity index (χ3v) is 4.11. The van der Waals surface area contributed by atoms with Crippen LogP contribution in [0.5, 0.6) is 0 Å². The van der Waals surface area contributed by atoms with Crippen LogP contribution in [-0.4, -0.2) is 10.9 Å². The molecule has 2 N–H and O–H groups in total. The average Bonchev–Trinajstić information content (AvgIpc) is 2.63. The van der Waals surface area contributed by atoms with Crippen LogP contribution in [0, 0.1) is 0 Å². The molecule has 25 heavy (non-hydrogen) atoms. The maximum atomic E-state index is 12.2. The molecule has 4 nitrogen and oxygen atoms in total. The molecule has 6 heteroatoms. The normalized spacial score (nSPS) is 10.3. The van der Waals surface area contributed by atoms with E-state index in [1.54, 1.807) is 42.6 Å². The molecule has 0 radical (unpaired) electrons. The van der Waals surface area contributed by atoms with Crippen LogP contribution >= 0.6 is 23.2 Å². The number of amides is 1. The summed E-state index contributed by atoms with van der Waals surface area (Å²) in [4.78, 5) is 16.5. The zero-order valence-corrected chi connectivity index (χ0v) is 14.7. The Hall–Kier alpha value is -2.56. The van der Waals surface area contributed by atoms with E-state index in [4.69, 9.17) is 23.2 Å². The molecule has 0 aliphatic heterocycles. The largest absolute Gasteiger partial charge is 0.366 e. The lowest BCUT2D eigenvalue weighted by Gasteiger charge is -2.09. The number of halogens is 2. The number of rotatable bonds is 5. The predicted molar refractivity (Wildman–Crippen MR) is 102 cm³/mol. The Morgan fingerprint density at radius 1 is 0.960 bits per heavy atom. The fourth-order valence-electron chi connectivity index (χ4n) is 2.21. The lowest BCUT2D eigenvalue weighted by atomic mass is 10.2. The molecule has 1 heterocycles. The van der Waals surface area contributed by atoms with Gasteiger partial charge in [0.05, 0.1) is 22.5 Å². The third-order valence-electron chi connectivity index (χ3n) is 3.53. The summed E-state index contributed by atoms with van der Waals surface area (Å²) in [6, 6.07) is 18.1. The average molecular weight is 372 g/mol. The molecule has 3 rings (SSSR count). The SMILES string of the molecule is O=C(Nc1ccc(NCc2ccc(Cl)cc2)nc1)c1ccccc1Cl. The molecule has 3 aromatic rings. The van der Waals surface area contributed by atoms with E-state index in [0.29, 0.717) is 33.7 Å². The first-order valence-corrected chi connectivity index (χ1v) is 8.38. The molecule has 0 saturated carbocycles. The van der Waals surface area contributed by atoms with E-state index in [2.05, 4.69) is 15.6 Å². The molecule has 0 unspecified atom stereocenters. The number of benzene rings is 2. The van der Waals surface area contributed by atoms with Crippen LogP contribution in [0.25, 0.3) is 0 Å². The summed E-state index contributed by atoms with van der Waals surface area (Å²) in [5, 5.41) is 7.11. The number of nitrogens with zero attached hydrogens (tertiary/aromatic N) is 1. The molecule has 0 aliphatic rings. The second kappa shape index (κ2) is 8.01. The number of carbonyl (C=O) groups is 1. The second-order valence-electron chi connectivity index (χ2n) is 5.35. The number of nitrogens with one attached hydrogen (secondary N) is 2.